The Morgan fingerprint density at radius 1 is 0.657 bits per heavy atom. The summed E-state index contributed by atoms with van der Waals surface area (Å²) in [6, 6.07) is 13.4. The maximum absolute atomic E-state index is 11.1. The zero-order valence-electron chi connectivity index (χ0n) is 19.5. The smallest absolute Gasteiger partial charge is 0.299 e. The van der Waals surface area contributed by atoms with Crippen molar-refractivity contribution >= 4 is 17.1 Å². The van der Waals surface area contributed by atoms with E-state index < -0.39 is 9.85 Å². The van der Waals surface area contributed by atoms with Crippen LogP contribution in [0.15, 0.2) is 48.5 Å². The summed E-state index contributed by atoms with van der Waals surface area (Å²) >= 11 is 0. The molecule has 0 bridgehead atoms. The van der Waals surface area contributed by atoms with E-state index in [0.29, 0.717) is 72.6 Å². The number of ether oxygens (including phenoxy) is 5. The minimum atomic E-state index is -0.677. The molecular weight excluding hydrogens is 462 g/mol. The number of hydrogen-bond acceptors (Lipinski definition) is 10. The van der Waals surface area contributed by atoms with E-state index in [4.69, 9.17) is 23.7 Å². The molecule has 0 unspecified atom stereocenters. The van der Waals surface area contributed by atoms with Crippen molar-refractivity contribution in [2.45, 2.75) is 6.61 Å². The third-order valence-electron chi connectivity index (χ3n) is 4.55. The van der Waals surface area contributed by atoms with E-state index in [0.717, 1.165) is 11.6 Å². The second kappa shape index (κ2) is 17.3. The van der Waals surface area contributed by atoms with E-state index in [1.807, 2.05) is 30.3 Å². The molecule has 192 valence electrons. The van der Waals surface area contributed by atoms with Crippen molar-refractivity contribution in [2.75, 3.05) is 71.3 Å². The SMILES string of the molecule is O=[N+]([O-])c1ccc(NCCOCCOCCOCCOCCOCc2ccccc2)c([N+](=O)[O-])c1. The lowest BCUT2D eigenvalue weighted by atomic mass is 10.2. The minimum Gasteiger partial charge on any atom is -0.377 e. The number of non-ortho nitro benzene ring substituents is 1. The van der Waals surface area contributed by atoms with Crippen LogP contribution in [0.5, 0.6) is 0 Å². The average molecular weight is 494 g/mol. The highest BCUT2D eigenvalue weighted by molar-refractivity contribution is 5.65. The molecule has 2 rings (SSSR count). The van der Waals surface area contributed by atoms with Gasteiger partial charge < -0.3 is 29.0 Å². The van der Waals surface area contributed by atoms with E-state index >= 15 is 0 Å². The first-order valence-corrected chi connectivity index (χ1v) is 11.2. The van der Waals surface area contributed by atoms with Gasteiger partial charge in [0.15, 0.2) is 0 Å². The van der Waals surface area contributed by atoms with Gasteiger partial charge in [-0.1, -0.05) is 30.3 Å². The van der Waals surface area contributed by atoms with Gasteiger partial charge in [0.05, 0.1) is 82.0 Å². The van der Waals surface area contributed by atoms with Gasteiger partial charge in [-0.2, -0.15) is 0 Å². The van der Waals surface area contributed by atoms with Crippen molar-refractivity contribution in [3.63, 3.8) is 0 Å². The third-order valence-corrected chi connectivity index (χ3v) is 4.55. The molecule has 0 heterocycles. The Labute approximate surface area is 203 Å². The van der Waals surface area contributed by atoms with Gasteiger partial charge in [-0.25, -0.2) is 0 Å². The van der Waals surface area contributed by atoms with Gasteiger partial charge in [0.2, 0.25) is 0 Å². The van der Waals surface area contributed by atoms with Crippen LogP contribution in [0.25, 0.3) is 0 Å². The maximum Gasteiger partial charge on any atom is 0.299 e. The summed E-state index contributed by atoms with van der Waals surface area (Å²) in [6.45, 7) is 4.77. The van der Waals surface area contributed by atoms with Crippen molar-refractivity contribution in [1.82, 2.24) is 0 Å². The van der Waals surface area contributed by atoms with E-state index in [1.165, 1.54) is 12.1 Å². The van der Waals surface area contributed by atoms with Gasteiger partial charge in [-0.15, -0.1) is 0 Å². The summed E-state index contributed by atoms with van der Waals surface area (Å²) < 4.78 is 27.2. The Bertz CT molecular complexity index is 884. The van der Waals surface area contributed by atoms with Crippen molar-refractivity contribution in [3.8, 4) is 0 Å². The van der Waals surface area contributed by atoms with Crippen molar-refractivity contribution in [2.24, 2.45) is 0 Å². The monoisotopic (exact) mass is 493 g/mol. The number of nitro benzene ring substituents is 2. The molecular formula is C23H31N3O9. The summed E-state index contributed by atoms with van der Waals surface area (Å²) in [5.74, 6) is 0. The molecule has 0 atom stereocenters. The van der Waals surface area contributed by atoms with Crippen molar-refractivity contribution in [1.29, 1.82) is 0 Å². The summed E-state index contributed by atoms with van der Waals surface area (Å²) in [5, 5.41) is 24.7. The zero-order chi connectivity index (χ0) is 25.1. The Balaban J connectivity index is 1.36. The fourth-order valence-corrected chi connectivity index (χ4v) is 2.84. The van der Waals surface area contributed by atoms with Gasteiger partial charge in [-0.05, 0) is 11.6 Å². The number of nitrogens with zero attached hydrogens (tertiary/aromatic N) is 2. The van der Waals surface area contributed by atoms with E-state index in [2.05, 4.69) is 5.32 Å². The lowest BCUT2D eigenvalue weighted by Gasteiger charge is -2.09. The summed E-state index contributed by atoms with van der Waals surface area (Å²) in [6.07, 6.45) is 0. The topological polar surface area (TPSA) is 144 Å². The molecule has 1 N–H and O–H groups in total. The quantitative estimate of drug-likeness (QED) is 0.166. The number of nitrogens with one attached hydrogen (secondary N) is 1. The second-order valence-electron chi connectivity index (χ2n) is 7.13. The predicted octanol–water partition coefficient (Wildman–Crippen LogP) is 3.20. The molecule has 0 aliphatic rings. The van der Waals surface area contributed by atoms with Crippen LogP contribution in [-0.2, 0) is 30.3 Å². The molecule has 0 aliphatic heterocycles. The molecule has 35 heavy (non-hydrogen) atoms. The minimum absolute atomic E-state index is 0.196. The molecule has 0 saturated heterocycles. The first-order chi connectivity index (χ1) is 17.1. The number of nitro groups is 2. The van der Waals surface area contributed by atoms with E-state index in [-0.39, 0.29) is 17.1 Å². The van der Waals surface area contributed by atoms with Crippen LogP contribution in [0.4, 0.5) is 17.1 Å². The van der Waals surface area contributed by atoms with Crippen molar-refractivity contribution in [3.05, 3.63) is 74.3 Å². The average Bonchev–Trinajstić information content (AvgIpc) is 2.86. The molecule has 0 spiro atoms. The second-order valence-corrected chi connectivity index (χ2v) is 7.13. The Kier molecular flexibility index (Phi) is 13.9. The largest absolute Gasteiger partial charge is 0.377 e. The van der Waals surface area contributed by atoms with Crippen LogP contribution in [0.2, 0.25) is 0 Å². The van der Waals surface area contributed by atoms with Gasteiger partial charge >= 0.3 is 0 Å². The van der Waals surface area contributed by atoms with E-state index in [9.17, 15) is 20.2 Å². The van der Waals surface area contributed by atoms with Crippen LogP contribution in [-0.4, -0.2) is 75.9 Å². The fraction of sp³-hybridized carbons (Fsp3) is 0.478. The molecule has 12 heteroatoms. The molecule has 0 amide bonds. The number of hydrogen-bond donors (Lipinski definition) is 1. The number of rotatable bonds is 20. The predicted molar refractivity (Wildman–Crippen MR) is 128 cm³/mol. The highest BCUT2D eigenvalue weighted by Crippen LogP contribution is 2.28. The van der Waals surface area contributed by atoms with Crippen LogP contribution in [0, 0.1) is 20.2 Å². The first kappa shape index (κ1) is 28.1. The molecule has 2 aromatic rings. The molecule has 0 radical (unpaired) electrons. The molecule has 12 nitrogen and oxygen atoms in total. The van der Waals surface area contributed by atoms with Crippen LogP contribution < -0.4 is 5.32 Å². The summed E-state index contributed by atoms with van der Waals surface area (Å²) in [4.78, 5) is 20.5. The third kappa shape index (κ3) is 12.2. The molecule has 2 aromatic carbocycles. The van der Waals surface area contributed by atoms with Crippen molar-refractivity contribution < 1.29 is 33.5 Å². The first-order valence-electron chi connectivity index (χ1n) is 11.2. The lowest BCUT2D eigenvalue weighted by Crippen LogP contribution is -2.15. The van der Waals surface area contributed by atoms with Gasteiger partial charge in [0, 0.05) is 12.6 Å². The van der Waals surface area contributed by atoms with Crippen LogP contribution in [0.3, 0.4) is 0 Å². The zero-order valence-corrected chi connectivity index (χ0v) is 19.5. The summed E-state index contributed by atoms with van der Waals surface area (Å²) in [7, 11) is 0. The molecule has 0 aliphatic carbocycles. The fourth-order valence-electron chi connectivity index (χ4n) is 2.84. The maximum atomic E-state index is 11.1. The van der Waals surface area contributed by atoms with Gasteiger partial charge in [0.25, 0.3) is 11.4 Å². The van der Waals surface area contributed by atoms with Gasteiger partial charge in [0.1, 0.15) is 5.69 Å². The van der Waals surface area contributed by atoms with Crippen LogP contribution in [0.1, 0.15) is 5.56 Å². The Morgan fingerprint density at radius 2 is 1.20 bits per heavy atom. The summed E-state index contributed by atoms with van der Waals surface area (Å²) in [5.41, 5.74) is 0.633. The Morgan fingerprint density at radius 3 is 1.74 bits per heavy atom. The highest BCUT2D eigenvalue weighted by Gasteiger charge is 2.18. The van der Waals surface area contributed by atoms with E-state index in [1.54, 1.807) is 0 Å². The Hall–Kier alpha value is -3.16. The normalized spacial score (nSPS) is 10.9. The standard InChI is InChI=1S/C23H31N3O9/c27-25(28)21-6-7-22(23(18-21)26(29)30)24-8-9-31-10-11-32-12-13-33-14-15-34-16-17-35-19-20-4-2-1-3-5-20/h1-7,18,24H,8-17,19H2. The molecule has 0 saturated carbocycles. The number of benzene rings is 2. The molecule has 0 fully saturated rings. The molecule has 0 aromatic heterocycles. The van der Waals surface area contributed by atoms with Gasteiger partial charge in [-0.3, -0.25) is 20.2 Å². The lowest BCUT2D eigenvalue weighted by molar-refractivity contribution is -0.393. The van der Waals surface area contributed by atoms with Crippen LogP contribution >= 0.6 is 0 Å². The highest BCUT2D eigenvalue weighted by atomic mass is 16.6. The number of anilines is 1.